The van der Waals surface area contributed by atoms with Gasteiger partial charge in [0.05, 0.1) is 18.7 Å². The maximum atomic E-state index is 9.21. The number of hydrogen-bond donors (Lipinski definition) is 2. The number of rotatable bonds is 2. The van der Waals surface area contributed by atoms with Crippen LogP contribution >= 0.6 is 11.6 Å². The largest absolute Gasteiger partial charge is 0.508 e. The Morgan fingerprint density at radius 2 is 2.17 bits per heavy atom. The summed E-state index contributed by atoms with van der Waals surface area (Å²) in [5.74, 6) is 0.418. The number of aliphatic hydroxyl groups excluding tert-OH is 1. The molecule has 0 aliphatic rings. The van der Waals surface area contributed by atoms with E-state index in [2.05, 4.69) is 0 Å². The Labute approximate surface area is 75.2 Å². The molecule has 0 unspecified atom stereocenters. The van der Waals surface area contributed by atoms with Crippen molar-refractivity contribution in [3.05, 3.63) is 22.7 Å². The van der Waals surface area contributed by atoms with Gasteiger partial charge in [-0.1, -0.05) is 11.6 Å². The number of hydrogen-bond acceptors (Lipinski definition) is 3. The third-order valence-electron chi connectivity index (χ3n) is 1.52. The summed E-state index contributed by atoms with van der Waals surface area (Å²) in [6.45, 7) is -0.237. The highest BCUT2D eigenvalue weighted by Crippen LogP contribution is 2.31. The molecule has 0 aliphatic heterocycles. The molecule has 1 aromatic carbocycles. The first-order valence-electron chi connectivity index (χ1n) is 3.35. The lowest BCUT2D eigenvalue weighted by molar-refractivity contribution is 0.274. The molecule has 0 spiro atoms. The van der Waals surface area contributed by atoms with Crippen molar-refractivity contribution in [3.63, 3.8) is 0 Å². The van der Waals surface area contributed by atoms with Gasteiger partial charge in [-0.2, -0.15) is 0 Å². The number of ether oxygens (including phenoxy) is 1. The Balaban J connectivity index is 3.18. The number of phenols is 1. The molecule has 0 radical (unpaired) electrons. The second kappa shape index (κ2) is 3.65. The quantitative estimate of drug-likeness (QED) is 0.741. The van der Waals surface area contributed by atoms with Crippen molar-refractivity contribution in [2.45, 2.75) is 6.61 Å². The van der Waals surface area contributed by atoms with Gasteiger partial charge in [0.2, 0.25) is 0 Å². The first-order chi connectivity index (χ1) is 5.69. The number of halogens is 1. The van der Waals surface area contributed by atoms with Crippen LogP contribution in [0.2, 0.25) is 5.02 Å². The molecule has 0 atom stereocenters. The van der Waals surface area contributed by atoms with Crippen molar-refractivity contribution in [1.29, 1.82) is 0 Å². The van der Waals surface area contributed by atoms with Crippen molar-refractivity contribution >= 4 is 11.6 Å². The predicted molar refractivity (Wildman–Crippen MR) is 45.6 cm³/mol. The van der Waals surface area contributed by atoms with Crippen LogP contribution in [0.15, 0.2) is 12.1 Å². The highest BCUT2D eigenvalue weighted by molar-refractivity contribution is 6.32. The summed E-state index contributed by atoms with van der Waals surface area (Å²) >= 11 is 5.69. The zero-order valence-corrected chi connectivity index (χ0v) is 7.30. The Morgan fingerprint density at radius 3 is 2.67 bits per heavy atom. The van der Waals surface area contributed by atoms with Crippen LogP contribution in [0.4, 0.5) is 0 Å². The molecular weight excluding hydrogens is 180 g/mol. The molecule has 1 rings (SSSR count). The van der Waals surface area contributed by atoms with Gasteiger partial charge in [-0.25, -0.2) is 0 Å². The van der Waals surface area contributed by atoms with E-state index in [4.69, 9.17) is 21.4 Å². The van der Waals surface area contributed by atoms with E-state index >= 15 is 0 Å². The van der Waals surface area contributed by atoms with Crippen molar-refractivity contribution < 1.29 is 14.9 Å². The highest BCUT2D eigenvalue weighted by Gasteiger charge is 2.06. The standard InChI is InChI=1S/C8H9ClO3/c1-12-8-2-5(4-10)7(11)3-6(8)9/h2-3,10-11H,4H2,1H3. The maximum absolute atomic E-state index is 9.21. The zero-order chi connectivity index (χ0) is 9.14. The summed E-state index contributed by atoms with van der Waals surface area (Å²) < 4.78 is 4.89. The van der Waals surface area contributed by atoms with E-state index in [0.717, 1.165) is 0 Å². The number of aliphatic hydroxyl groups is 1. The third kappa shape index (κ3) is 1.62. The molecule has 0 fully saturated rings. The highest BCUT2D eigenvalue weighted by atomic mass is 35.5. The monoisotopic (exact) mass is 188 g/mol. The molecule has 0 amide bonds. The molecular formula is C8H9ClO3. The fourth-order valence-electron chi connectivity index (χ4n) is 0.868. The minimum atomic E-state index is -0.237. The second-order valence-electron chi connectivity index (χ2n) is 2.27. The summed E-state index contributed by atoms with van der Waals surface area (Å²) in [5.41, 5.74) is 0.399. The van der Waals surface area contributed by atoms with Crippen molar-refractivity contribution in [2.75, 3.05) is 7.11 Å². The van der Waals surface area contributed by atoms with Crippen molar-refractivity contribution in [2.24, 2.45) is 0 Å². The van der Waals surface area contributed by atoms with Gasteiger partial charge in [0.25, 0.3) is 0 Å². The van der Waals surface area contributed by atoms with Crippen LogP contribution in [0, 0.1) is 0 Å². The van der Waals surface area contributed by atoms with E-state index in [-0.39, 0.29) is 12.4 Å². The lowest BCUT2D eigenvalue weighted by Gasteiger charge is -2.06. The topological polar surface area (TPSA) is 49.7 Å². The van der Waals surface area contributed by atoms with E-state index in [1.54, 1.807) is 0 Å². The van der Waals surface area contributed by atoms with Crippen LogP contribution in [-0.2, 0) is 6.61 Å². The van der Waals surface area contributed by atoms with E-state index in [9.17, 15) is 5.11 Å². The van der Waals surface area contributed by atoms with Gasteiger partial charge in [0, 0.05) is 11.6 Å². The van der Waals surface area contributed by atoms with Crippen LogP contribution in [-0.4, -0.2) is 17.3 Å². The number of benzene rings is 1. The van der Waals surface area contributed by atoms with E-state index in [0.29, 0.717) is 16.3 Å². The van der Waals surface area contributed by atoms with E-state index < -0.39 is 0 Å². The molecule has 0 bridgehead atoms. The molecule has 3 nitrogen and oxygen atoms in total. The van der Waals surface area contributed by atoms with Gasteiger partial charge >= 0.3 is 0 Å². The predicted octanol–water partition coefficient (Wildman–Crippen LogP) is 1.55. The lowest BCUT2D eigenvalue weighted by atomic mass is 10.2. The summed E-state index contributed by atoms with van der Waals surface area (Å²) in [5, 5.41) is 18.3. The third-order valence-corrected chi connectivity index (χ3v) is 1.82. The van der Waals surface area contributed by atoms with Crippen LogP contribution < -0.4 is 4.74 Å². The summed E-state index contributed by atoms with van der Waals surface area (Å²) in [6.07, 6.45) is 0. The molecule has 0 saturated carbocycles. The van der Waals surface area contributed by atoms with Gasteiger partial charge in [-0.15, -0.1) is 0 Å². The van der Waals surface area contributed by atoms with Gasteiger partial charge in [-0.3, -0.25) is 0 Å². The second-order valence-corrected chi connectivity index (χ2v) is 2.68. The average molecular weight is 189 g/mol. The smallest absolute Gasteiger partial charge is 0.138 e. The number of methoxy groups -OCH3 is 1. The van der Waals surface area contributed by atoms with Gasteiger partial charge < -0.3 is 14.9 Å². The molecule has 12 heavy (non-hydrogen) atoms. The van der Waals surface area contributed by atoms with Gasteiger partial charge in [0.1, 0.15) is 11.5 Å². The van der Waals surface area contributed by atoms with Gasteiger partial charge in [-0.05, 0) is 6.07 Å². The summed E-state index contributed by atoms with van der Waals surface area (Å²) in [7, 11) is 1.47. The van der Waals surface area contributed by atoms with Crippen LogP contribution in [0.25, 0.3) is 0 Å². The summed E-state index contributed by atoms with van der Waals surface area (Å²) in [6, 6.07) is 2.84. The number of aromatic hydroxyl groups is 1. The fraction of sp³-hybridized carbons (Fsp3) is 0.250. The first kappa shape index (κ1) is 9.16. The Hall–Kier alpha value is -0.930. The molecule has 0 aromatic heterocycles. The average Bonchev–Trinajstić information content (AvgIpc) is 2.05. The molecule has 1 aromatic rings. The Kier molecular flexibility index (Phi) is 2.78. The molecule has 0 aliphatic carbocycles. The van der Waals surface area contributed by atoms with Crippen LogP contribution in [0.1, 0.15) is 5.56 Å². The van der Waals surface area contributed by atoms with E-state index in [1.165, 1.54) is 19.2 Å². The van der Waals surface area contributed by atoms with Crippen LogP contribution in [0.3, 0.4) is 0 Å². The SMILES string of the molecule is COc1cc(CO)c(O)cc1Cl. The van der Waals surface area contributed by atoms with Crippen LogP contribution in [0.5, 0.6) is 11.5 Å². The normalized spacial score (nSPS) is 9.92. The molecule has 0 heterocycles. The molecule has 4 heteroatoms. The Morgan fingerprint density at radius 1 is 1.50 bits per heavy atom. The first-order valence-corrected chi connectivity index (χ1v) is 3.73. The fourth-order valence-corrected chi connectivity index (χ4v) is 1.10. The minimum Gasteiger partial charge on any atom is -0.508 e. The maximum Gasteiger partial charge on any atom is 0.138 e. The molecule has 2 N–H and O–H groups in total. The van der Waals surface area contributed by atoms with Gasteiger partial charge in [0.15, 0.2) is 0 Å². The van der Waals surface area contributed by atoms with E-state index in [1.807, 2.05) is 0 Å². The molecule has 0 saturated heterocycles. The molecule has 66 valence electrons. The summed E-state index contributed by atoms with van der Waals surface area (Å²) in [4.78, 5) is 0. The van der Waals surface area contributed by atoms with Crippen molar-refractivity contribution in [3.8, 4) is 11.5 Å². The minimum absolute atomic E-state index is 0.0247. The lowest BCUT2D eigenvalue weighted by Crippen LogP contribution is -1.89. The van der Waals surface area contributed by atoms with Crippen molar-refractivity contribution in [1.82, 2.24) is 0 Å². The Bertz CT molecular complexity index is 261. The zero-order valence-electron chi connectivity index (χ0n) is 6.54.